The monoisotopic (exact) mass is 319 g/mol. The van der Waals surface area contributed by atoms with Crippen molar-refractivity contribution in [2.24, 2.45) is 0 Å². The quantitative estimate of drug-likeness (QED) is 0.770. The van der Waals surface area contributed by atoms with Gasteiger partial charge in [-0.25, -0.2) is 8.42 Å². The SMILES string of the molecule is CS(=O)(=O)c1cccc(NCc2nc(-c3ccco3)no2)c1. The summed E-state index contributed by atoms with van der Waals surface area (Å²) < 4.78 is 33.3. The van der Waals surface area contributed by atoms with Gasteiger partial charge in [-0.05, 0) is 30.3 Å². The van der Waals surface area contributed by atoms with Crippen LogP contribution in [0.15, 0.2) is 56.5 Å². The van der Waals surface area contributed by atoms with Crippen LogP contribution in [0, 0.1) is 0 Å². The number of hydrogen-bond donors (Lipinski definition) is 1. The average Bonchev–Trinajstić information content (AvgIpc) is 3.15. The van der Waals surface area contributed by atoms with Crippen LogP contribution in [0.25, 0.3) is 11.6 Å². The van der Waals surface area contributed by atoms with E-state index in [0.29, 0.717) is 23.2 Å². The fourth-order valence-electron chi connectivity index (χ4n) is 1.85. The molecule has 0 amide bonds. The highest BCUT2D eigenvalue weighted by molar-refractivity contribution is 7.90. The van der Waals surface area contributed by atoms with Crippen molar-refractivity contribution in [3.63, 3.8) is 0 Å². The number of furan rings is 1. The lowest BCUT2D eigenvalue weighted by molar-refractivity contribution is 0.382. The van der Waals surface area contributed by atoms with E-state index in [4.69, 9.17) is 8.94 Å². The average molecular weight is 319 g/mol. The maximum absolute atomic E-state index is 11.5. The Bertz CT molecular complexity index is 869. The molecule has 0 fully saturated rings. The molecule has 1 N–H and O–H groups in total. The van der Waals surface area contributed by atoms with Crippen molar-refractivity contribution in [2.45, 2.75) is 11.4 Å². The van der Waals surface area contributed by atoms with Gasteiger partial charge in [0.1, 0.15) is 0 Å². The van der Waals surface area contributed by atoms with Crippen LogP contribution in [0.3, 0.4) is 0 Å². The van der Waals surface area contributed by atoms with Gasteiger partial charge in [0.15, 0.2) is 15.6 Å². The van der Waals surface area contributed by atoms with Crippen LogP contribution in [0.5, 0.6) is 0 Å². The predicted molar refractivity (Wildman–Crippen MR) is 78.9 cm³/mol. The molecule has 2 heterocycles. The van der Waals surface area contributed by atoms with Crippen molar-refractivity contribution >= 4 is 15.5 Å². The molecule has 22 heavy (non-hydrogen) atoms. The topological polar surface area (TPSA) is 98.2 Å². The summed E-state index contributed by atoms with van der Waals surface area (Å²) >= 11 is 0. The summed E-state index contributed by atoms with van der Waals surface area (Å²) in [5.41, 5.74) is 0.653. The summed E-state index contributed by atoms with van der Waals surface area (Å²) in [4.78, 5) is 4.44. The van der Waals surface area contributed by atoms with Gasteiger partial charge in [-0.2, -0.15) is 4.98 Å². The van der Waals surface area contributed by atoms with Gasteiger partial charge < -0.3 is 14.3 Å². The second kappa shape index (κ2) is 5.64. The van der Waals surface area contributed by atoms with Gasteiger partial charge in [-0.1, -0.05) is 11.2 Å². The molecule has 8 heteroatoms. The minimum atomic E-state index is -3.24. The Kier molecular flexibility index (Phi) is 3.68. The minimum Gasteiger partial charge on any atom is -0.461 e. The molecule has 0 saturated carbocycles. The van der Waals surface area contributed by atoms with Crippen molar-refractivity contribution in [3.05, 3.63) is 48.6 Å². The molecule has 1 aromatic carbocycles. The second-order valence-electron chi connectivity index (χ2n) is 4.64. The molecule has 0 aliphatic rings. The van der Waals surface area contributed by atoms with E-state index in [0.717, 1.165) is 0 Å². The van der Waals surface area contributed by atoms with Gasteiger partial charge in [-0.15, -0.1) is 0 Å². The number of aromatic nitrogens is 2. The van der Waals surface area contributed by atoms with E-state index in [2.05, 4.69) is 15.5 Å². The van der Waals surface area contributed by atoms with Crippen molar-refractivity contribution in [1.82, 2.24) is 10.1 Å². The molecule has 0 saturated heterocycles. The van der Waals surface area contributed by atoms with Crippen molar-refractivity contribution in [2.75, 3.05) is 11.6 Å². The van der Waals surface area contributed by atoms with E-state index in [1.54, 1.807) is 36.4 Å². The number of sulfone groups is 1. The molecule has 3 rings (SSSR count). The number of anilines is 1. The van der Waals surface area contributed by atoms with E-state index in [9.17, 15) is 8.42 Å². The van der Waals surface area contributed by atoms with Gasteiger partial charge in [0.05, 0.1) is 17.7 Å². The smallest absolute Gasteiger partial charge is 0.246 e. The first-order valence-electron chi connectivity index (χ1n) is 6.43. The Morgan fingerprint density at radius 1 is 1.23 bits per heavy atom. The molecule has 0 spiro atoms. The minimum absolute atomic E-state index is 0.249. The largest absolute Gasteiger partial charge is 0.461 e. The summed E-state index contributed by atoms with van der Waals surface area (Å²) in [6.45, 7) is 0.279. The van der Waals surface area contributed by atoms with E-state index >= 15 is 0 Å². The Morgan fingerprint density at radius 2 is 2.09 bits per heavy atom. The third kappa shape index (κ3) is 3.17. The fourth-order valence-corrected chi connectivity index (χ4v) is 2.51. The van der Waals surface area contributed by atoms with Crippen LogP contribution in [-0.2, 0) is 16.4 Å². The Labute approximate surface area is 126 Å². The van der Waals surface area contributed by atoms with Crippen LogP contribution >= 0.6 is 0 Å². The third-order valence-corrected chi connectivity index (χ3v) is 4.03. The van der Waals surface area contributed by atoms with Gasteiger partial charge in [0.2, 0.25) is 11.7 Å². The van der Waals surface area contributed by atoms with E-state index in [1.807, 2.05) is 0 Å². The highest BCUT2D eigenvalue weighted by Crippen LogP contribution is 2.18. The van der Waals surface area contributed by atoms with Crippen LogP contribution in [0.4, 0.5) is 5.69 Å². The molecule has 0 aliphatic heterocycles. The van der Waals surface area contributed by atoms with Gasteiger partial charge in [-0.3, -0.25) is 0 Å². The molecular formula is C14H13N3O4S. The normalized spacial score (nSPS) is 11.5. The summed E-state index contributed by atoms with van der Waals surface area (Å²) in [7, 11) is -3.24. The first-order valence-corrected chi connectivity index (χ1v) is 8.32. The zero-order valence-corrected chi connectivity index (χ0v) is 12.5. The maximum Gasteiger partial charge on any atom is 0.246 e. The molecule has 114 valence electrons. The van der Waals surface area contributed by atoms with Gasteiger partial charge in [0, 0.05) is 11.9 Å². The van der Waals surface area contributed by atoms with Crippen molar-refractivity contribution < 1.29 is 17.4 Å². The van der Waals surface area contributed by atoms with Crippen molar-refractivity contribution in [3.8, 4) is 11.6 Å². The zero-order valence-electron chi connectivity index (χ0n) is 11.7. The number of nitrogens with one attached hydrogen (secondary N) is 1. The van der Waals surface area contributed by atoms with Crippen molar-refractivity contribution in [1.29, 1.82) is 0 Å². The van der Waals surface area contributed by atoms with E-state index in [1.165, 1.54) is 12.5 Å². The fraction of sp³-hybridized carbons (Fsp3) is 0.143. The first kappa shape index (κ1) is 14.3. The second-order valence-corrected chi connectivity index (χ2v) is 6.66. The Balaban J connectivity index is 1.71. The van der Waals surface area contributed by atoms with E-state index < -0.39 is 9.84 Å². The molecule has 0 bridgehead atoms. The molecule has 2 aromatic heterocycles. The lowest BCUT2D eigenvalue weighted by Gasteiger charge is -2.05. The van der Waals surface area contributed by atoms with Crippen LogP contribution in [-0.4, -0.2) is 24.8 Å². The van der Waals surface area contributed by atoms with Crippen LogP contribution in [0.1, 0.15) is 5.89 Å². The third-order valence-electron chi connectivity index (χ3n) is 2.92. The molecule has 0 unspecified atom stereocenters. The van der Waals surface area contributed by atoms with Gasteiger partial charge in [0.25, 0.3) is 0 Å². The number of benzene rings is 1. The highest BCUT2D eigenvalue weighted by atomic mass is 32.2. The summed E-state index contributed by atoms with van der Waals surface area (Å²) in [5.74, 6) is 1.26. The van der Waals surface area contributed by atoms with Crippen LogP contribution < -0.4 is 5.32 Å². The molecule has 0 radical (unpaired) electrons. The Hall–Kier alpha value is -2.61. The molecular weight excluding hydrogens is 306 g/mol. The number of hydrogen-bond acceptors (Lipinski definition) is 7. The van der Waals surface area contributed by atoms with E-state index in [-0.39, 0.29) is 11.4 Å². The Morgan fingerprint density at radius 3 is 2.82 bits per heavy atom. The molecule has 0 atom stereocenters. The predicted octanol–water partition coefficient (Wildman–Crippen LogP) is 2.35. The maximum atomic E-state index is 11.5. The molecule has 7 nitrogen and oxygen atoms in total. The standard InChI is InChI=1S/C14H13N3O4S/c1-22(18,19)11-5-2-4-10(8-11)15-9-13-16-14(17-21-13)12-6-3-7-20-12/h2-8,15H,9H2,1H3. The lowest BCUT2D eigenvalue weighted by atomic mass is 10.3. The van der Waals surface area contributed by atoms with Crippen LogP contribution in [0.2, 0.25) is 0 Å². The number of nitrogens with zero attached hydrogens (tertiary/aromatic N) is 2. The highest BCUT2D eigenvalue weighted by Gasteiger charge is 2.11. The van der Waals surface area contributed by atoms with Gasteiger partial charge >= 0.3 is 0 Å². The molecule has 3 aromatic rings. The number of rotatable bonds is 5. The zero-order chi connectivity index (χ0) is 15.6. The summed E-state index contributed by atoms with van der Waals surface area (Å²) in [5, 5.41) is 6.85. The summed E-state index contributed by atoms with van der Waals surface area (Å²) in [6.07, 6.45) is 2.69. The molecule has 0 aliphatic carbocycles. The first-order chi connectivity index (χ1) is 10.5. The summed E-state index contributed by atoms with van der Waals surface area (Å²) in [6, 6.07) is 10.00. The lowest BCUT2D eigenvalue weighted by Crippen LogP contribution is -2.02.